The monoisotopic (exact) mass is 464 g/mol. The van der Waals surface area contributed by atoms with Gasteiger partial charge >= 0.3 is 6.18 Å². The molecule has 1 N–H and O–H groups in total. The van der Waals surface area contributed by atoms with E-state index in [2.05, 4.69) is 5.32 Å². The molecule has 1 fully saturated rings. The molecular weight excluding hydrogens is 445 g/mol. The average Bonchev–Trinajstić information content (AvgIpc) is 3.05. The van der Waals surface area contributed by atoms with E-state index in [1.807, 2.05) is 0 Å². The number of methoxy groups -OCH3 is 1. The highest BCUT2D eigenvalue weighted by Crippen LogP contribution is 2.40. The van der Waals surface area contributed by atoms with Crippen LogP contribution in [0.3, 0.4) is 0 Å². The minimum Gasteiger partial charge on any atom is -0.497 e. The van der Waals surface area contributed by atoms with Crippen LogP contribution in [0.4, 0.5) is 13.2 Å². The maximum absolute atomic E-state index is 14.3. The second-order valence-electron chi connectivity index (χ2n) is 7.75. The molecule has 0 unspecified atom stereocenters. The molecule has 0 atom stereocenters. The lowest BCUT2D eigenvalue weighted by atomic mass is 9.93. The van der Waals surface area contributed by atoms with Gasteiger partial charge in [-0.1, -0.05) is 23.7 Å². The molecule has 1 aromatic heterocycles. The summed E-state index contributed by atoms with van der Waals surface area (Å²) in [7, 11) is 1.38. The molecule has 1 aliphatic rings. The Balaban J connectivity index is 1.90. The largest absolute Gasteiger partial charge is 0.497 e. The summed E-state index contributed by atoms with van der Waals surface area (Å²) in [5.41, 5.74) is -1.10. The van der Waals surface area contributed by atoms with E-state index in [-0.39, 0.29) is 29.2 Å². The Kier molecular flexibility index (Phi) is 5.90. The molecule has 1 aliphatic carbocycles. The number of carbonyl (C=O) groups excluding carboxylic acids is 2. The van der Waals surface area contributed by atoms with Gasteiger partial charge in [0.05, 0.1) is 12.7 Å². The van der Waals surface area contributed by atoms with Crippen molar-refractivity contribution < 1.29 is 27.5 Å². The highest BCUT2D eigenvalue weighted by atomic mass is 35.5. The summed E-state index contributed by atoms with van der Waals surface area (Å²) < 4.78 is 49.1. The summed E-state index contributed by atoms with van der Waals surface area (Å²) in [4.78, 5) is 25.6. The van der Waals surface area contributed by atoms with Crippen molar-refractivity contribution in [3.63, 3.8) is 0 Å². The fourth-order valence-corrected chi connectivity index (χ4v) is 3.96. The lowest BCUT2D eigenvalue weighted by Crippen LogP contribution is -2.43. The zero-order valence-corrected chi connectivity index (χ0v) is 17.9. The number of amides is 1. The first kappa shape index (κ1) is 22.2. The van der Waals surface area contributed by atoms with Gasteiger partial charge in [-0.25, -0.2) is 0 Å². The number of aromatic nitrogens is 1. The van der Waals surface area contributed by atoms with E-state index in [0.717, 1.165) is 11.0 Å². The van der Waals surface area contributed by atoms with Gasteiger partial charge in [0.25, 0.3) is 11.7 Å². The normalized spacial score (nSPS) is 14.3. The van der Waals surface area contributed by atoms with Gasteiger partial charge in [0.1, 0.15) is 11.4 Å². The molecule has 168 valence electrons. The lowest BCUT2D eigenvalue weighted by molar-refractivity contribution is -0.143. The molecule has 2 aromatic carbocycles. The summed E-state index contributed by atoms with van der Waals surface area (Å²) >= 11 is 5.90. The topological polar surface area (TPSA) is 60.3 Å². The molecule has 1 heterocycles. The van der Waals surface area contributed by atoms with Gasteiger partial charge in [0.2, 0.25) is 0 Å². The van der Waals surface area contributed by atoms with Crippen LogP contribution in [0.15, 0.2) is 42.5 Å². The number of nitrogens with one attached hydrogen (secondary N) is 1. The predicted octanol–water partition coefficient (Wildman–Crippen LogP) is 5.22. The molecule has 0 saturated heterocycles. The van der Waals surface area contributed by atoms with Gasteiger partial charge in [-0.05, 0) is 55.2 Å². The Bertz CT molecular complexity index is 1180. The van der Waals surface area contributed by atoms with Crippen molar-refractivity contribution in [1.82, 2.24) is 9.88 Å². The SMILES string of the molecule is COc1ccc2c(c1)c(C(=O)C(=O)NC1CCC1)c(C(F)(F)F)n2Cc1ccc(Cl)cc1. The first-order valence-electron chi connectivity index (χ1n) is 10.1. The maximum atomic E-state index is 14.3. The van der Waals surface area contributed by atoms with Crippen molar-refractivity contribution in [1.29, 1.82) is 0 Å². The molecule has 1 saturated carbocycles. The maximum Gasteiger partial charge on any atom is 0.432 e. The van der Waals surface area contributed by atoms with E-state index in [1.54, 1.807) is 24.3 Å². The van der Waals surface area contributed by atoms with Crippen molar-refractivity contribution in [3.05, 3.63) is 64.3 Å². The van der Waals surface area contributed by atoms with Gasteiger partial charge in [0, 0.05) is 28.5 Å². The third kappa shape index (κ3) is 4.19. The number of rotatable bonds is 6. The van der Waals surface area contributed by atoms with E-state index >= 15 is 0 Å². The van der Waals surface area contributed by atoms with Gasteiger partial charge < -0.3 is 14.6 Å². The van der Waals surface area contributed by atoms with E-state index in [0.29, 0.717) is 23.4 Å². The van der Waals surface area contributed by atoms with Crippen LogP contribution in [-0.4, -0.2) is 29.4 Å². The fourth-order valence-electron chi connectivity index (χ4n) is 3.84. The molecule has 0 spiro atoms. The first-order chi connectivity index (χ1) is 15.2. The summed E-state index contributed by atoms with van der Waals surface area (Å²) in [5, 5.41) is 3.01. The van der Waals surface area contributed by atoms with Gasteiger partial charge in [-0.2, -0.15) is 13.2 Å². The molecular formula is C23H20ClF3N2O3. The minimum absolute atomic E-state index is 0.0133. The van der Waals surface area contributed by atoms with Crippen molar-refractivity contribution in [2.24, 2.45) is 0 Å². The Labute approximate surface area is 187 Å². The number of Topliss-reactive ketones (excluding diaryl/α,β-unsaturated/α-hetero) is 1. The predicted molar refractivity (Wildman–Crippen MR) is 114 cm³/mol. The number of hydrogen-bond acceptors (Lipinski definition) is 3. The smallest absolute Gasteiger partial charge is 0.432 e. The van der Waals surface area contributed by atoms with Crippen molar-refractivity contribution in [3.8, 4) is 5.75 Å². The number of nitrogens with zero attached hydrogens (tertiary/aromatic N) is 1. The summed E-state index contributed by atoms with van der Waals surface area (Å²) in [6, 6.07) is 10.5. The number of carbonyl (C=O) groups is 2. The Morgan fingerprint density at radius 2 is 1.84 bits per heavy atom. The standard InChI is InChI=1S/C23H20ClF3N2O3/c1-32-16-9-10-18-17(11-16)19(20(30)22(31)28-15-3-2-4-15)21(23(25,26)27)29(18)12-13-5-7-14(24)8-6-13/h5-11,15H,2-4,12H2,1H3,(H,28,31). The number of ketones is 1. The highest BCUT2D eigenvalue weighted by molar-refractivity contribution is 6.45. The van der Waals surface area contributed by atoms with Crippen LogP contribution < -0.4 is 10.1 Å². The molecule has 0 bridgehead atoms. The van der Waals surface area contributed by atoms with Crippen LogP contribution in [0.25, 0.3) is 10.9 Å². The van der Waals surface area contributed by atoms with Crippen molar-refractivity contribution in [2.75, 3.05) is 7.11 Å². The minimum atomic E-state index is -4.87. The van der Waals surface area contributed by atoms with Crippen LogP contribution in [0.5, 0.6) is 5.75 Å². The summed E-state index contributed by atoms with van der Waals surface area (Å²) in [6.07, 6.45) is -2.56. The second-order valence-corrected chi connectivity index (χ2v) is 8.18. The molecule has 3 aromatic rings. The highest BCUT2D eigenvalue weighted by Gasteiger charge is 2.43. The van der Waals surface area contributed by atoms with Gasteiger partial charge in [0.15, 0.2) is 0 Å². The van der Waals surface area contributed by atoms with E-state index < -0.39 is 29.1 Å². The fraction of sp³-hybridized carbons (Fsp3) is 0.304. The Hall–Kier alpha value is -3.00. The number of benzene rings is 2. The molecule has 32 heavy (non-hydrogen) atoms. The number of alkyl halides is 3. The molecule has 5 nitrogen and oxygen atoms in total. The van der Waals surface area contributed by atoms with E-state index in [9.17, 15) is 22.8 Å². The number of fused-ring (bicyclic) bond motifs is 1. The van der Waals surface area contributed by atoms with Crippen LogP contribution in [0.2, 0.25) is 5.02 Å². The molecule has 0 radical (unpaired) electrons. The van der Waals surface area contributed by atoms with Crippen molar-refractivity contribution >= 4 is 34.2 Å². The summed E-state index contributed by atoms with van der Waals surface area (Å²) in [6.45, 7) is -0.160. The second kappa shape index (κ2) is 8.50. The molecule has 1 amide bonds. The Morgan fingerprint density at radius 3 is 2.41 bits per heavy atom. The first-order valence-corrected chi connectivity index (χ1v) is 10.4. The summed E-state index contributed by atoms with van der Waals surface area (Å²) in [5.74, 6) is -1.96. The van der Waals surface area contributed by atoms with Crippen LogP contribution in [-0.2, 0) is 17.5 Å². The average molecular weight is 465 g/mol. The number of ether oxygens (including phenoxy) is 1. The zero-order chi connectivity index (χ0) is 23.0. The van der Waals surface area contributed by atoms with E-state index in [4.69, 9.17) is 16.3 Å². The third-order valence-electron chi connectivity index (χ3n) is 5.67. The Morgan fingerprint density at radius 1 is 1.16 bits per heavy atom. The molecule has 9 heteroatoms. The third-order valence-corrected chi connectivity index (χ3v) is 5.92. The zero-order valence-electron chi connectivity index (χ0n) is 17.1. The number of halogens is 4. The molecule has 0 aliphatic heterocycles. The lowest BCUT2D eigenvalue weighted by Gasteiger charge is -2.26. The number of hydrogen-bond donors (Lipinski definition) is 1. The van der Waals surface area contributed by atoms with E-state index in [1.165, 1.54) is 25.3 Å². The van der Waals surface area contributed by atoms with Crippen molar-refractivity contribution in [2.45, 2.75) is 38.0 Å². The van der Waals surface area contributed by atoms with Gasteiger partial charge in [-0.3, -0.25) is 9.59 Å². The quantitative estimate of drug-likeness (QED) is 0.402. The van der Waals surface area contributed by atoms with Gasteiger partial charge in [-0.15, -0.1) is 0 Å². The van der Waals surface area contributed by atoms with Crippen LogP contribution in [0.1, 0.15) is 40.9 Å². The van der Waals surface area contributed by atoms with Crippen LogP contribution >= 0.6 is 11.6 Å². The molecule has 4 rings (SSSR count). The van der Waals surface area contributed by atoms with Crippen LogP contribution in [0, 0.1) is 0 Å².